The second kappa shape index (κ2) is 7.13. The Hall–Kier alpha value is -1.56. The Balaban J connectivity index is 2.00. The Morgan fingerprint density at radius 1 is 1.14 bits per heavy atom. The van der Waals surface area contributed by atoms with Crippen molar-refractivity contribution in [1.29, 1.82) is 0 Å². The minimum atomic E-state index is -3.56. The monoisotopic (exact) mass is 339 g/mol. The Kier molecular flexibility index (Phi) is 5.45. The zero-order valence-electron chi connectivity index (χ0n) is 12.5. The molecule has 0 radical (unpaired) electrons. The molecule has 6 heteroatoms. The van der Waals surface area contributed by atoms with Crippen LogP contribution in [0.1, 0.15) is 5.56 Å². The molecular weight excluding hydrogens is 322 g/mol. The van der Waals surface area contributed by atoms with E-state index in [0.29, 0.717) is 5.02 Å². The molecule has 118 valence electrons. The van der Waals surface area contributed by atoms with E-state index in [1.165, 1.54) is 23.5 Å². The van der Waals surface area contributed by atoms with Gasteiger partial charge in [-0.3, -0.25) is 0 Å². The van der Waals surface area contributed by atoms with Crippen LogP contribution in [0.3, 0.4) is 0 Å². The molecule has 4 nitrogen and oxygen atoms in total. The molecule has 0 aliphatic carbocycles. The van der Waals surface area contributed by atoms with Crippen molar-refractivity contribution in [1.82, 2.24) is 4.31 Å². The minimum Gasteiger partial charge on any atom is -0.492 e. The highest BCUT2D eigenvalue weighted by Gasteiger charge is 2.20. The van der Waals surface area contributed by atoms with Crippen molar-refractivity contribution in [2.75, 3.05) is 20.2 Å². The molecule has 22 heavy (non-hydrogen) atoms. The lowest BCUT2D eigenvalue weighted by Crippen LogP contribution is -2.31. The molecular formula is C16H18ClNO3S. The Morgan fingerprint density at radius 3 is 2.55 bits per heavy atom. The number of hydrogen-bond donors (Lipinski definition) is 0. The van der Waals surface area contributed by atoms with E-state index < -0.39 is 10.0 Å². The molecule has 0 spiro atoms. The van der Waals surface area contributed by atoms with Crippen molar-refractivity contribution in [3.05, 3.63) is 59.1 Å². The van der Waals surface area contributed by atoms with E-state index in [9.17, 15) is 8.42 Å². The number of halogens is 1. The van der Waals surface area contributed by atoms with Crippen LogP contribution in [0.25, 0.3) is 0 Å². The van der Waals surface area contributed by atoms with Crippen molar-refractivity contribution in [2.24, 2.45) is 0 Å². The van der Waals surface area contributed by atoms with Crippen LogP contribution < -0.4 is 4.74 Å². The zero-order valence-corrected chi connectivity index (χ0v) is 14.1. The van der Waals surface area contributed by atoms with Gasteiger partial charge in [0, 0.05) is 18.6 Å². The zero-order chi connectivity index (χ0) is 16.2. The van der Waals surface area contributed by atoms with E-state index in [0.717, 1.165) is 11.3 Å². The van der Waals surface area contributed by atoms with Gasteiger partial charge in [0.2, 0.25) is 10.0 Å². The van der Waals surface area contributed by atoms with Gasteiger partial charge in [0.25, 0.3) is 0 Å². The average molecular weight is 340 g/mol. The number of likely N-dealkylation sites (N-methyl/N-ethyl adjacent to an activating group) is 1. The molecule has 2 aromatic carbocycles. The summed E-state index contributed by atoms with van der Waals surface area (Å²) in [6.07, 6.45) is 0. The second-order valence-electron chi connectivity index (χ2n) is 4.90. The van der Waals surface area contributed by atoms with Gasteiger partial charge in [0.15, 0.2) is 0 Å². The highest BCUT2D eigenvalue weighted by Crippen LogP contribution is 2.19. The summed E-state index contributed by atoms with van der Waals surface area (Å²) in [4.78, 5) is 0.179. The summed E-state index contributed by atoms with van der Waals surface area (Å²) in [5.41, 5.74) is 1.02. The number of para-hydroxylation sites is 1. The van der Waals surface area contributed by atoms with Gasteiger partial charge in [0.1, 0.15) is 12.4 Å². The van der Waals surface area contributed by atoms with E-state index in [4.69, 9.17) is 16.3 Å². The third-order valence-corrected chi connectivity index (χ3v) is 5.35. The third kappa shape index (κ3) is 4.00. The summed E-state index contributed by atoms with van der Waals surface area (Å²) in [5.74, 6) is 0.760. The first kappa shape index (κ1) is 16.8. The quantitative estimate of drug-likeness (QED) is 0.810. The van der Waals surface area contributed by atoms with Crippen LogP contribution in [0.5, 0.6) is 5.75 Å². The fraction of sp³-hybridized carbons (Fsp3) is 0.250. The van der Waals surface area contributed by atoms with Crippen LogP contribution >= 0.6 is 11.6 Å². The maximum Gasteiger partial charge on any atom is 0.242 e. The largest absolute Gasteiger partial charge is 0.492 e. The van der Waals surface area contributed by atoms with E-state index in [1.807, 2.05) is 31.2 Å². The fourth-order valence-corrected chi connectivity index (χ4v) is 3.39. The normalized spacial score (nSPS) is 11.6. The molecule has 0 atom stereocenters. The fourth-order valence-electron chi connectivity index (χ4n) is 1.93. The first-order valence-corrected chi connectivity index (χ1v) is 8.63. The molecule has 0 aliphatic heterocycles. The smallest absolute Gasteiger partial charge is 0.242 e. The van der Waals surface area contributed by atoms with Gasteiger partial charge in [-0.15, -0.1) is 0 Å². The first-order valence-electron chi connectivity index (χ1n) is 6.81. The topological polar surface area (TPSA) is 46.6 Å². The van der Waals surface area contributed by atoms with Gasteiger partial charge < -0.3 is 4.74 Å². The lowest BCUT2D eigenvalue weighted by atomic mass is 10.2. The average Bonchev–Trinajstić information content (AvgIpc) is 2.49. The van der Waals surface area contributed by atoms with E-state index in [1.54, 1.807) is 12.1 Å². The van der Waals surface area contributed by atoms with Gasteiger partial charge in [-0.25, -0.2) is 8.42 Å². The molecule has 2 rings (SSSR count). The lowest BCUT2D eigenvalue weighted by molar-refractivity contribution is 0.285. The summed E-state index contributed by atoms with van der Waals surface area (Å²) < 4.78 is 31.7. The molecule has 0 aromatic heterocycles. The number of ether oxygens (including phenoxy) is 1. The molecule has 0 amide bonds. The van der Waals surface area contributed by atoms with Crippen molar-refractivity contribution in [2.45, 2.75) is 11.8 Å². The second-order valence-corrected chi connectivity index (χ2v) is 7.38. The maximum atomic E-state index is 12.4. The van der Waals surface area contributed by atoms with Gasteiger partial charge >= 0.3 is 0 Å². The number of sulfonamides is 1. The van der Waals surface area contributed by atoms with Crippen LogP contribution in [0, 0.1) is 6.92 Å². The number of aryl methyl sites for hydroxylation is 1. The predicted molar refractivity (Wildman–Crippen MR) is 87.9 cm³/mol. The minimum absolute atomic E-state index is 0.179. The molecule has 0 bridgehead atoms. The molecule has 0 aliphatic rings. The summed E-state index contributed by atoms with van der Waals surface area (Å²) >= 11 is 5.85. The maximum absolute atomic E-state index is 12.4. The Morgan fingerprint density at radius 2 is 1.86 bits per heavy atom. The molecule has 0 saturated heterocycles. The van der Waals surface area contributed by atoms with E-state index in [2.05, 4.69) is 0 Å². The standard InChI is InChI=1S/C16H18ClNO3S/c1-13-6-3-4-9-16(13)21-11-10-18(2)22(19,20)15-8-5-7-14(17)12-15/h3-9,12H,10-11H2,1-2H3. The first-order chi connectivity index (χ1) is 10.4. The number of hydrogen-bond acceptors (Lipinski definition) is 3. The van der Waals surface area contributed by atoms with Crippen LogP contribution in [0.4, 0.5) is 0 Å². The molecule has 2 aromatic rings. The summed E-state index contributed by atoms with van der Waals surface area (Å²) in [7, 11) is -2.03. The van der Waals surface area contributed by atoms with Crippen molar-refractivity contribution in [3.63, 3.8) is 0 Å². The van der Waals surface area contributed by atoms with Crippen molar-refractivity contribution in [3.8, 4) is 5.75 Å². The van der Waals surface area contributed by atoms with Crippen molar-refractivity contribution < 1.29 is 13.2 Å². The summed E-state index contributed by atoms with van der Waals surface area (Å²) in [6.45, 7) is 2.48. The molecule has 0 unspecified atom stereocenters. The molecule has 0 heterocycles. The predicted octanol–water partition coefficient (Wildman–Crippen LogP) is 3.35. The highest BCUT2D eigenvalue weighted by atomic mass is 35.5. The molecule has 0 N–H and O–H groups in total. The van der Waals surface area contributed by atoms with Gasteiger partial charge in [-0.2, -0.15) is 4.31 Å². The van der Waals surface area contributed by atoms with Crippen molar-refractivity contribution >= 4 is 21.6 Å². The van der Waals surface area contributed by atoms with Crippen LogP contribution in [0.2, 0.25) is 5.02 Å². The van der Waals surface area contributed by atoms with Gasteiger partial charge in [0.05, 0.1) is 4.90 Å². The summed E-state index contributed by atoms with van der Waals surface area (Å²) in [5, 5.41) is 0.394. The summed E-state index contributed by atoms with van der Waals surface area (Å²) in [6, 6.07) is 13.8. The third-order valence-electron chi connectivity index (χ3n) is 3.26. The number of benzene rings is 2. The van der Waals surface area contributed by atoms with Gasteiger partial charge in [-0.05, 0) is 36.8 Å². The lowest BCUT2D eigenvalue weighted by Gasteiger charge is -2.18. The van der Waals surface area contributed by atoms with E-state index in [-0.39, 0.29) is 18.0 Å². The van der Waals surface area contributed by atoms with Crippen LogP contribution in [0.15, 0.2) is 53.4 Å². The SMILES string of the molecule is Cc1ccccc1OCCN(C)S(=O)(=O)c1cccc(Cl)c1. The molecule has 0 fully saturated rings. The highest BCUT2D eigenvalue weighted by molar-refractivity contribution is 7.89. The van der Waals surface area contributed by atoms with Crippen LogP contribution in [-0.2, 0) is 10.0 Å². The Labute approximate surface area is 136 Å². The number of nitrogens with zero attached hydrogens (tertiary/aromatic N) is 1. The number of rotatable bonds is 6. The van der Waals surface area contributed by atoms with Gasteiger partial charge in [-0.1, -0.05) is 35.9 Å². The van der Waals surface area contributed by atoms with E-state index >= 15 is 0 Å². The Bertz CT molecular complexity index is 747. The van der Waals surface area contributed by atoms with Crippen LogP contribution in [-0.4, -0.2) is 32.9 Å². The molecule has 0 saturated carbocycles.